The number of hydrogen-bond donors (Lipinski definition) is 4. The van der Waals surface area contributed by atoms with Crippen LogP contribution in [0.4, 0.5) is 10.1 Å². The number of phenols is 3. The van der Waals surface area contributed by atoms with Gasteiger partial charge in [-0.2, -0.15) is 0 Å². The van der Waals surface area contributed by atoms with Crippen molar-refractivity contribution in [1.29, 1.82) is 0 Å². The zero-order valence-corrected chi connectivity index (χ0v) is 22.0. The zero-order valence-electron chi connectivity index (χ0n) is 22.0. The molecule has 0 spiro atoms. The number of piperidine rings is 1. The van der Waals surface area contributed by atoms with E-state index in [-0.39, 0.29) is 29.2 Å². The molecule has 7 heteroatoms. The number of anilines is 1. The maximum Gasteiger partial charge on any atom is 0.228 e. The van der Waals surface area contributed by atoms with Gasteiger partial charge < -0.3 is 25.5 Å². The van der Waals surface area contributed by atoms with Crippen molar-refractivity contribution in [1.82, 2.24) is 4.90 Å². The molecule has 0 radical (unpaired) electrons. The number of aromatic hydroxyl groups is 3. The van der Waals surface area contributed by atoms with Gasteiger partial charge in [-0.1, -0.05) is 55.3 Å². The Hall–Kier alpha value is -3.84. The van der Waals surface area contributed by atoms with E-state index in [0.29, 0.717) is 11.7 Å². The fourth-order valence-electron chi connectivity index (χ4n) is 6.23. The highest BCUT2D eigenvalue weighted by molar-refractivity contribution is 5.92. The fraction of sp³-hybridized carbons (Fsp3) is 0.344. The lowest BCUT2D eigenvalue weighted by Crippen LogP contribution is -2.47. The van der Waals surface area contributed by atoms with Crippen LogP contribution in [0.15, 0.2) is 72.8 Å². The highest BCUT2D eigenvalue weighted by Crippen LogP contribution is 2.44. The molecule has 3 aromatic rings. The van der Waals surface area contributed by atoms with Crippen LogP contribution in [0.25, 0.3) is 11.1 Å². The number of phenolic OH excluding ortho intramolecular Hbond substituents is 3. The third kappa shape index (κ3) is 5.64. The van der Waals surface area contributed by atoms with Crippen LogP contribution in [-0.4, -0.2) is 45.3 Å². The van der Waals surface area contributed by atoms with Gasteiger partial charge in [-0.25, -0.2) is 4.39 Å². The maximum atomic E-state index is 13.4. The molecule has 2 fully saturated rings. The summed E-state index contributed by atoms with van der Waals surface area (Å²) in [5.74, 6) is -1.84. The zero-order chi connectivity index (χ0) is 27.6. The molecule has 0 aromatic heterocycles. The second kappa shape index (κ2) is 11.1. The van der Waals surface area contributed by atoms with Crippen LogP contribution < -0.4 is 5.32 Å². The number of nitrogens with one attached hydrogen (secondary N) is 1. The van der Waals surface area contributed by atoms with E-state index in [1.165, 1.54) is 49.9 Å². The maximum absolute atomic E-state index is 13.4. The molecule has 39 heavy (non-hydrogen) atoms. The summed E-state index contributed by atoms with van der Waals surface area (Å²) >= 11 is 0. The van der Waals surface area contributed by atoms with Crippen LogP contribution >= 0.6 is 0 Å². The predicted octanol–water partition coefficient (Wildman–Crippen LogP) is 6.47. The molecule has 1 aliphatic carbocycles. The molecule has 0 atom stereocenters. The number of likely N-dealkylation sites (tertiary alicyclic amines) is 1. The van der Waals surface area contributed by atoms with Gasteiger partial charge in [0.2, 0.25) is 5.91 Å². The SMILES string of the molecule is C=C(CC(=O)Nc1ccc(F)c(O)c1)C1(c2ccc(-c3ccc(O)c(O)c3)cc2)CCN(C2CCCC2)CC1. The number of hydrogen-bond acceptors (Lipinski definition) is 5. The molecular formula is C32H35FN2O4. The summed E-state index contributed by atoms with van der Waals surface area (Å²) in [7, 11) is 0. The lowest BCUT2D eigenvalue weighted by Gasteiger charge is -2.45. The summed E-state index contributed by atoms with van der Waals surface area (Å²) < 4.78 is 13.4. The molecule has 3 aromatic carbocycles. The number of carbonyl (C=O) groups excluding carboxylic acids is 1. The van der Waals surface area contributed by atoms with Crippen molar-refractivity contribution in [2.75, 3.05) is 18.4 Å². The Balaban J connectivity index is 1.38. The van der Waals surface area contributed by atoms with Crippen LogP contribution in [-0.2, 0) is 10.2 Å². The summed E-state index contributed by atoms with van der Waals surface area (Å²) in [5, 5.41) is 32.0. The molecular weight excluding hydrogens is 495 g/mol. The predicted molar refractivity (Wildman–Crippen MR) is 150 cm³/mol. The molecule has 1 amide bonds. The Morgan fingerprint density at radius 3 is 2.21 bits per heavy atom. The Kier molecular flexibility index (Phi) is 7.62. The summed E-state index contributed by atoms with van der Waals surface area (Å²) in [4.78, 5) is 15.6. The molecule has 6 nitrogen and oxygen atoms in total. The van der Waals surface area contributed by atoms with Crippen molar-refractivity contribution in [3.05, 3.63) is 84.2 Å². The van der Waals surface area contributed by atoms with Gasteiger partial charge in [-0.3, -0.25) is 4.79 Å². The van der Waals surface area contributed by atoms with E-state index in [4.69, 9.17) is 0 Å². The van der Waals surface area contributed by atoms with Crippen molar-refractivity contribution in [3.63, 3.8) is 0 Å². The largest absolute Gasteiger partial charge is 0.505 e. The highest BCUT2D eigenvalue weighted by atomic mass is 19.1. The number of benzene rings is 3. The Bertz CT molecular complexity index is 1360. The van der Waals surface area contributed by atoms with E-state index in [2.05, 4.69) is 28.9 Å². The minimum Gasteiger partial charge on any atom is -0.505 e. The van der Waals surface area contributed by atoms with Crippen LogP contribution in [0.1, 0.15) is 50.5 Å². The minimum atomic E-state index is -0.739. The van der Waals surface area contributed by atoms with Crippen molar-refractivity contribution >= 4 is 11.6 Å². The molecule has 0 bridgehead atoms. The Labute approximate surface area is 228 Å². The third-order valence-corrected chi connectivity index (χ3v) is 8.52. The molecule has 1 aliphatic heterocycles. The van der Waals surface area contributed by atoms with E-state index in [1.807, 2.05) is 12.1 Å². The number of nitrogens with zero attached hydrogens (tertiary/aromatic N) is 1. The topological polar surface area (TPSA) is 93.0 Å². The first-order valence-electron chi connectivity index (χ1n) is 13.6. The van der Waals surface area contributed by atoms with E-state index >= 15 is 0 Å². The van der Waals surface area contributed by atoms with E-state index < -0.39 is 11.6 Å². The van der Waals surface area contributed by atoms with Crippen molar-refractivity contribution in [3.8, 4) is 28.4 Å². The average molecular weight is 531 g/mol. The van der Waals surface area contributed by atoms with Gasteiger partial charge in [0.15, 0.2) is 23.1 Å². The smallest absolute Gasteiger partial charge is 0.228 e. The number of amides is 1. The summed E-state index contributed by atoms with van der Waals surface area (Å²) in [6.07, 6.45) is 6.87. The van der Waals surface area contributed by atoms with Crippen molar-refractivity contribution in [2.24, 2.45) is 0 Å². The van der Waals surface area contributed by atoms with Gasteiger partial charge >= 0.3 is 0 Å². The molecule has 204 valence electrons. The molecule has 0 unspecified atom stereocenters. The number of rotatable bonds is 7. The third-order valence-electron chi connectivity index (χ3n) is 8.52. The molecule has 1 heterocycles. The van der Waals surface area contributed by atoms with E-state index in [0.717, 1.165) is 54.3 Å². The Morgan fingerprint density at radius 1 is 0.897 bits per heavy atom. The van der Waals surface area contributed by atoms with Gasteiger partial charge in [0.05, 0.1) is 0 Å². The standard InChI is InChI=1S/C32H35FN2O4/c1-21(18-31(39)34-25-11-12-27(33)29(37)20-25)32(14-16-35(17-15-32)26-4-2-3-5-26)24-9-6-22(7-10-24)23-8-13-28(36)30(38)19-23/h6-13,19-20,26,36-38H,1-5,14-18H2,(H,34,39). The molecule has 1 saturated heterocycles. The fourth-order valence-corrected chi connectivity index (χ4v) is 6.23. The molecule has 1 saturated carbocycles. The molecule has 5 rings (SSSR count). The summed E-state index contributed by atoms with van der Waals surface area (Å²) in [6, 6.07) is 17.3. The van der Waals surface area contributed by atoms with Crippen LogP contribution in [0.3, 0.4) is 0 Å². The van der Waals surface area contributed by atoms with Gasteiger partial charge in [-0.05, 0) is 79.7 Å². The number of carbonyl (C=O) groups is 1. The molecule has 4 N–H and O–H groups in total. The number of halogens is 1. The lowest BCUT2D eigenvalue weighted by atomic mass is 9.66. The first kappa shape index (κ1) is 26.8. The van der Waals surface area contributed by atoms with Gasteiger partial charge in [0, 0.05) is 29.6 Å². The second-order valence-electron chi connectivity index (χ2n) is 10.8. The first-order valence-corrected chi connectivity index (χ1v) is 13.6. The monoisotopic (exact) mass is 530 g/mol. The Morgan fingerprint density at radius 2 is 1.56 bits per heavy atom. The van der Waals surface area contributed by atoms with E-state index in [1.54, 1.807) is 6.07 Å². The van der Waals surface area contributed by atoms with Gasteiger partial charge in [0.1, 0.15) is 0 Å². The quantitative estimate of drug-likeness (QED) is 0.208. The summed E-state index contributed by atoms with van der Waals surface area (Å²) in [6.45, 7) is 6.29. The lowest BCUT2D eigenvalue weighted by molar-refractivity contribution is -0.115. The van der Waals surface area contributed by atoms with Gasteiger partial charge in [0.25, 0.3) is 0 Å². The van der Waals surface area contributed by atoms with Gasteiger partial charge in [-0.15, -0.1) is 0 Å². The second-order valence-corrected chi connectivity index (χ2v) is 10.8. The van der Waals surface area contributed by atoms with Crippen molar-refractivity contribution in [2.45, 2.75) is 56.4 Å². The molecule has 2 aliphatic rings. The highest BCUT2D eigenvalue weighted by Gasteiger charge is 2.40. The van der Waals surface area contributed by atoms with Crippen LogP contribution in [0.2, 0.25) is 0 Å². The van der Waals surface area contributed by atoms with Crippen LogP contribution in [0.5, 0.6) is 17.2 Å². The normalized spacial score (nSPS) is 17.7. The minimum absolute atomic E-state index is 0.106. The van der Waals surface area contributed by atoms with E-state index in [9.17, 15) is 24.5 Å². The first-order chi connectivity index (χ1) is 18.7. The summed E-state index contributed by atoms with van der Waals surface area (Å²) in [5.41, 5.74) is 3.57. The van der Waals surface area contributed by atoms with Crippen LogP contribution in [0, 0.1) is 5.82 Å². The van der Waals surface area contributed by atoms with Crippen molar-refractivity contribution < 1.29 is 24.5 Å². The average Bonchev–Trinajstić information content (AvgIpc) is 3.47.